The molecule has 2 aliphatic rings. The van der Waals surface area contributed by atoms with Gasteiger partial charge in [-0.05, 0) is 43.2 Å². The number of aromatic nitrogens is 1. The number of hydrogen-bond donors (Lipinski definition) is 0. The molecule has 1 saturated carbocycles. The summed E-state index contributed by atoms with van der Waals surface area (Å²) in [6, 6.07) is 4.77. The Bertz CT molecular complexity index is 532. The molecule has 1 aromatic rings. The lowest BCUT2D eigenvalue weighted by atomic mass is 10.2. The van der Waals surface area contributed by atoms with E-state index >= 15 is 0 Å². The van der Waals surface area contributed by atoms with Crippen molar-refractivity contribution in [2.45, 2.75) is 32.2 Å². The largest absolute Gasteiger partial charge is 0.464 e. The molecule has 1 aliphatic heterocycles. The topological polar surface area (TPSA) is 59.5 Å². The number of esters is 1. The minimum absolute atomic E-state index is 0.185. The van der Waals surface area contributed by atoms with Gasteiger partial charge in [-0.2, -0.15) is 0 Å². The van der Waals surface area contributed by atoms with Crippen molar-refractivity contribution in [1.82, 2.24) is 9.88 Å². The van der Waals surface area contributed by atoms with E-state index in [0.29, 0.717) is 37.1 Å². The molecule has 0 spiro atoms. The SMILES string of the molecule is C[C@@H]1C[C@@H]1COC(=O)[C@@H]1CCCN1C(=O)c1ccccn1. The zero-order valence-electron chi connectivity index (χ0n) is 12.2. The molecule has 0 unspecified atom stereocenters. The Hall–Kier alpha value is -1.91. The van der Waals surface area contributed by atoms with Crippen LogP contribution in [0, 0.1) is 11.8 Å². The second-order valence-corrected chi connectivity index (χ2v) is 5.97. The van der Waals surface area contributed by atoms with Crippen LogP contribution < -0.4 is 0 Å². The van der Waals surface area contributed by atoms with Crippen LogP contribution in [-0.4, -0.2) is 41.0 Å². The molecule has 2 heterocycles. The predicted molar refractivity (Wildman–Crippen MR) is 76.5 cm³/mol. The first-order chi connectivity index (χ1) is 10.2. The first-order valence-corrected chi connectivity index (χ1v) is 7.55. The second-order valence-electron chi connectivity index (χ2n) is 5.97. The average Bonchev–Trinajstić information content (AvgIpc) is 3.02. The summed E-state index contributed by atoms with van der Waals surface area (Å²) in [6.45, 7) is 3.24. The number of carbonyl (C=O) groups excluding carboxylic acids is 2. The molecule has 1 amide bonds. The van der Waals surface area contributed by atoms with Gasteiger partial charge in [-0.15, -0.1) is 0 Å². The van der Waals surface area contributed by atoms with E-state index in [-0.39, 0.29) is 11.9 Å². The molecule has 21 heavy (non-hydrogen) atoms. The molecule has 112 valence electrons. The molecule has 0 N–H and O–H groups in total. The molecule has 1 aliphatic carbocycles. The van der Waals surface area contributed by atoms with Gasteiger partial charge < -0.3 is 9.64 Å². The Kier molecular flexibility index (Phi) is 3.90. The molecule has 0 radical (unpaired) electrons. The van der Waals surface area contributed by atoms with E-state index < -0.39 is 6.04 Å². The minimum atomic E-state index is -0.450. The van der Waals surface area contributed by atoms with E-state index in [1.54, 1.807) is 29.3 Å². The molecule has 3 rings (SSSR count). The lowest BCUT2D eigenvalue weighted by Crippen LogP contribution is -2.41. The number of pyridine rings is 1. The average molecular weight is 288 g/mol. The van der Waals surface area contributed by atoms with Gasteiger partial charge in [-0.3, -0.25) is 9.78 Å². The van der Waals surface area contributed by atoms with E-state index in [4.69, 9.17) is 4.74 Å². The van der Waals surface area contributed by atoms with Crippen LogP contribution in [0.2, 0.25) is 0 Å². The van der Waals surface area contributed by atoms with Crippen molar-refractivity contribution in [3.05, 3.63) is 30.1 Å². The Morgan fingerprint density at radius 1 is 1.43 bits per heavy atom. The fourth-order valence-corrected chi connectivity index (χ4v) is 2.81. The van der Waals surface area contributed by atoms with Gasteiger partial charge in [0.15, 0.2) is 0 Å². The van der Waals surface area contributed by atoms with Crippen molar-refractivity contribution >= 4 is 11.9 Å². The second kappa shape index (κ2) is 5.84. The third kappa shape index (κ3) is 3.06. The van der Waals surface area contributed by atoms with Crippen LogP contribution in [-0.2, 0) is 9.53 Å². The molecular formula is C16H20N2O3. The number of rotatable bonds is 4. The van der Waals surface area contributed by atoms with E-state index in [0.717, 1.165) is 12.8 Å². The number of amides is 1. The van der Waals surface area contributed by atoms with Gasteiger partial charge >= 0.3 is 5.97 Å². The van der Waals surface area contributed by atoms with Gasteiger partial charge in [0.25, 0.3) is 5.91 Å². The van der Waals surface area contributed by atoms with Crippen LogP contribution in [0.3, 0.4) is 0 Å². The molecule has 1 saturated heterocycles. The summed E-state index contributed by atoms with van der Waals surface area (Å²) in [6.07, 6.45) is 4.23. The van der Waals surface area contributed by atoms with Crippen molar-refractivity contribution in [2.24, 2.45) is 11.8 Å². The molecule has 0 bridgehead atoms. The highest BCUT2D eigenvalue weighted by atomic mass is 16.5. The highest BCUT2D eigenvalue weighted by molar-refractivity contribution is 5.95. The number of likely N-dealkylation sites (tertiary alicyclic amines) is 1. The normalized spacial score (nSPS) is 27.5. The third-order valence-electron chi connectivity index (χ3n) is 4.39. The van der Waals surface area contributed by atoms with Crippen molar-refractivity contribution in [3.8, 4) is 0 Å². The maximum atomic E-state index is 12.4. The van der Waals surface area contributed by atoms with Crippen LogP contribution >= 0.6 is 0 Å². The zero-order chi connectivity index (χ0) is 14.8. The maximum Gasteiger partial charge on any atom is 0.328 e. The van der Waals surface area contributed by atoms with E-state index in [1.807, 2.05) is 0 Å². The Labute approximate surface area is 124 Å². The predicted octanol–water partition coefficient (Wildman–Crippen LogP) is 1.89. The van der Waals surface area contributed by atoms with Crippen molar-refractivity contribution in [3.63, 3.8) is 0 Å². The van der Waals surface area contributed by atoms with Crippen molar-refractivity contribution in [2.75, 3.05) is 13.2 Å². The summed E-state index contributed by atoms with van der Waals surface area (Å²) in [5.41, 5.74) is 0.382. The first kappa shape index (κ1) is 14.0. The molecule has 5 nitrogen and oxygen atoms in total. The van der Waals surface area contributed by atoms with Gasteiger partial charge in [0.05, 0.1) is 6.61 Å². The minimum Gasteiger partial charge on any atom is -0.464 e. The fourth-order valence-electron chi connectivity index (χ4n) is 2.81. The number of nitrogens with zero attached hydrogens (tertiary/aromatic N) is 2. The highest BCUT2D eigenvalue weighted by Gasteiger charge is 2.38. The van der Waals surface area contributed by atoms with Crippen LogP contribution in [0.15, 0.2) is 24.4 Å². The number of carbonyl (C=O) groups is 2. The van der Waals surface area contributed by atoms with Gasteiger partial charge in [0.2, 0.25) is 0 Å². The van der Waals surface area contributed by atoms with Crippen molar-refractivity contribution < 1.29 is 14.3 Å². The first-order valence-electron chi connectivity index (χ1n) is 7.55. The molecule has 5 heteroatoms. The molecular weight excluding hydrogens is 268 g/mol. The summed E-state index contributed by atoms with van der Waals surface area (Å²) in [5.74, 6) is 0.716. The van der Waals surface area contributed by atoms with E-state index in [2.05, 4.69) is 11.9 Å². The lowest BCUT2D eigenvalue weighted by molar-refractivity contribution is -0.148. The Morgan fingerprint density at radius 2 is 2.24 bits per heavy atom. The summed E-state index contributed by atoms with van der Waals surface area (Å²) >= 11 is 0. The van der Waals surface area contributed by atoms with Gasteiger partial charge in [-0.25, -0.2) is 4.79 Å². The molecule has 1 aromatic heterocycles. The zero-order valence-corrected chi connectivity index (χ0v) is 12.2. The van der Waals surface area contributed by atoms with Gasteiger partial charge in [0, 0.05) is 12.7 Å². The van der Waals surface area contributed by atoms with E-state index in [9.17, 15) is 9.59 Å². The smallest absolute Gasteiger partial charge is 0.328 e. The molecule has 0 aromatic carbocycles. The maximum absolute atomic E-state index is 12.4. The highest BCUT2D eigenvalue weighted by Crippen LogP contribution is 2.37. The quantitative estimate of drug-likeness (QED) is 0.794. The monoisotopic (exact) mass is 288 g/mol. The van der Waals surface area contributed by atoms with Gasteiger partial charge in [0.1, 0.15) is 11.7 Å². The number of hydrogen-bond acceptors (Lipinski definition) is 4. The van der Waals surface area contributed by atoms with Crippen LogP contribution in [0.4, 0.5) is 0 Å². The fraction of sp³-hybridized carbons (Fsp3) is 0.562. The summed E-state index contributed by atoms with van der Waals surface area (Å²) in [4.78, 5) is 30.3. The Morgan fingerprint density at radius 3 is 2.90 bits per heavy atom. The van der Waals surface area contributed by atoms with Crippen LogP contribution in [0.1, 0.15) is 36.7 Å². The lowest BCUT2D eigenvalue weighted by Gasteiger charge is -2.22. The third-order valence-corrected chi connectivity index (χ3v) is 4.39. The number of ether oxygens (including phenoxy) is 1. The Balaban J connectivity index is 1.62. The molecule has 3 atom stereocenters. The van der Waals surface area contributed by atoms with E-state index in [1.165, 1.54) is 0 Å². The van der Waals surface area contributed by atoms with Crippen LogP contribution in [0.25, 0.3) is 0 Å². The summed E-state index contributed by atoms with van der Waals surface area (Å²) in [7, 11) is 0. The summed E-state index contributed by atoms with van der Waals surface area (Å²) < 4.78 is 5.38. The van der Waals surface area contributed by atoms with Gasteiger partial charge in [-0.1, -0.05) is 13.0 Å². The van der Waals surface area contributed by atoms with Crippen LogP contribution in [0.5, 0.6) is 0 Å². The van der Waals surface area contributed by atoms with Crippen molar-refractivity contribution in [1.29, 1.82) is 0 Å². The standard InChI is InChI=1S/C16H20N2O3/c1-11-9-12(11)10-21-16(20)14-6-4-8-18(14)15(19)13-5-2-3-7-17-13/h2-3,5,7,11-12,14H,4,6,8-10H2,1H3/t11-,12-,14+/m1/s1. The molecule has 2 fully saturated rings. The summed E-state index contributed by atoms with van der Waals surface area (Å²) in [5, 5.41) is 0.